The predicted molar refractivity (Wildman–Crippen MR) is 102 cm³/mol. The largest absolute Gasteiger partial charge is 0.497 e. The van der Waals surface area contributed by atoms with E-state index in [9.17, 15) is 14.7 Å². The summed E-state index contributed by atoms with van der Waals surface area (Å²) >= 11 is 0. The summed E-state index contributed by atoms with van der Waals surface area (Å²) in [5.74, 6) is 0.469. The number of imide groups is 1. The highest BCUT2D eigenvalue weighted by Crippen LogP contribution is 2.43. The number of benzene rings is 1. The van der Waals surface area contributed by atoms with Gasteiger partial charge >= 0.3 is 0 Å². The maximum Gasteiger partial charge on any atom is 0.252 e. The third kappa shape index (κ3) is 2.60. The molecule has 28 heavy (non-hydrogen) atoms. The number of piperazine rings is 1. The van der Waals surface area contributed by atoms with Gasteiger partial charge in [-0.05, 0) is 37.0 Å². The van der Waals surface area contributed by atoms with Crippen LogP contribution >= 0.6 is 0 Å². The van der Waals surface area contributed by atoms with E-state index in [0.717, 1.165) is 11.3 Å². The molecule has 3 aliphatic heterocycles. The molecule has 1 saturated carbocycles. The number of aliphatic hydroxyl groups excluding tert-OH is 1. The van der Waals surface area contributed by atoms with Crippen molar-refractivity contribution in [1.82, 2.24) is 14.7 Å². The number of likely N-dealkylation sites (tertiary alicyclic amines) is 1. The Morgan fingerprint density at radius 1 is 1.18 bits per heavy atom. The molecule has 3 heterocycles. The highest BCUT2D eigenvalue weighted by atomic mass is 16.5. The van der Waals surface area contributed by atoms with Crippen LogP contribution in [0.2, 0.25) is 0 Å². The van der Waals surface area contributed by atoms with Crippen molar-refractivity contribution in [2.75, 3.05) is 26.7 Å². The fraction of sp³-hybridized carbons (Fsp3) is 0.619. The third-order valence-corrected chi connectivity index (χ3v) is 7.04. The van der Waals surface area contributed by atoms with Crippen molar-refractivity contribution in [3.63, 3.8) is 0 Å². The minimum atomic E-state index is -0.655. The number of amides is 2. The Labute approximate surface area is 164 Å². The molecular formula is C21H27N3O4. The van der Waals surface area contributed by atoms with Gasteiger partial charge in [0.25, 0.3) is 5.91 Å². The summed E-state index contributed by atoms with van der Waals surface area (Å²) in [6.07, 6.45) is 3.53. The van der Waals surface area contributed by atoms with Gasteiger partial charge in [0.1, 0.15) is 11.3 Å². The van der Waals surface area contributed by atoms with Crippen molar-refractivity contribution in [3.8, 4) is 5.75 Å². The minimum absolute atomic E-state index is 0.103. The van der Waals surface area contributed by atoms with Crippen molar-refractivity contribution >= 4 is 11.8 Å². The molecule has 0 unspecified atom stereocenters. The van der Waals surface area contributed by atoms with Crippen molar-refractivity contribution in [2.24, 2.45) is 0 Å². The molecule has 1 aromatic rings. The second-order valence-corrected chi connectivity index (χ2v) is 8.66. The Kier molecular flexibility index (Phi) is 4.23. The lowest BCUT2D eigenvalue weighted by Gasteiger charge is -2.61. The van der Waals surface area contributed by atoms with Crippen LogP contribution in [0.15, 0.2) is 24.3 Å². The van der Waals surface area contributed by atoms with E-state index in [0.29, 0.717) is 32.1 Å². The molecule has 7 nitrogen and oxygen atoms in total. The third-order valence-electron chi connectivity index (χ3n) is 7.04. The molecule has 0 radical (unpaired) electrons. The van der Waals surface area contributed by atoms with E-state index in [-0.39, 0.29) is 18.4 Å². The van der Waals surface area contributed by atoms with Crippen LogP contribution in [-0.2, 0) is 16.1 Å². The topological polar surface area (TPSA) is 73.3 Å². The van der Waals surface area contributed by atoms with E-state index in [1.165, 1.54) is 24.2 Å². The molecule has 1 aliphatic carbocycles. The maximum absolute atomic E-state index is 13.5. The Hall–Kier alpha value is -1.96. The number of ether oxygens (including phenoxy) is 1. The van der Waals surface area contributed by atoms with Crippen LogP contribution in [0, 0.1) is 0 Å². The Bertz CT molecular complexity index is 785. The number of hydrogen-bond donors (Lipinski definition) is 1. The van der Waals surface area contributed by atoms with Crippen molar-refractivity contribution in [2.45, 2.75) is 56.0 Å². The number of carbonyl (C=O) groups is 2. The molecule has 2 amide bonds. The second kappa shape index (κ2) is 6.54. The van der Waals surface area contributed by atoms with Gasteiger partial charge < -0.3 is 9.84 Å². The quantitative estimate of drug-likeness (QED) is 0.766. The van der Waals surface area contributed by atoms with Gasteiger partial charge in [-0.15, -0.1) is 0 Å². The molecule has 5 rings (SSSR count). The van der Waals surface area contributed by atoms with E-state index >= 15 is 0 Å². The fourth-order valence-corrected chi connectivity index (χ4v) is 5.19. The molecule has 1 spiro atoms. The lowest BCUT2D eigenvalue weighted by molar-refractivity contribution is -0.184. The zero-order valence-corrected chi connectivity index (χ0v) is 16.2. The zero-order chi connectivity index (χ0) is 19.5. The van der Waals surface area contributed by atoms with Crippen molar-refractivity contribution in [3.05, 3.63) is 29.8 Å². The number of rotatable bonds is 4. The summed E-state index contributed by atoms with van der Waals surface area (Å²) in [6, 6.07) is 7.66. The molecule has 4 aliphatic rings. The molecule has 1 N–H and O–H groups in total. The number of β-amino-alcohol motifs (C(OH)–C–C–N with tert-alkyl or cyclic N) is 1. The number of aliphatic hydroxyl groups is 1. The van der Waals surface area contributed by atoms with Crippen LogP contribution < -0.4 is 4.74 Å². The number of hydrogen-bond acceptors (Lipinski definition) is 6. The molecule has 3 saturated heterocycles. The maximum atomic E-state index is 13.5. The Balaban J connectivity index is 1.41. The lowest BCUT2D eigenvalue weighted by Crippen LogP contribution is -2.82. The summed E-state index contributed by atoms with van der Waals surface area (Å²) in [5, 5.41) is 10.2. The summed E-state index contributed by atoms with van der Waals surface area (Å²) in [4.78, 5) is 32.4. The Morgan fingerprint density at radius 2 is 1.89 bits per heavy atom. The summed E-state index contributed by atoms with van der Waals surface area (Å²) in [6.45, 7) is 2.03. The van der Waals surface area contributed by atoms with Crippen molar-refractivity contribution in [1.29, 1.82) is 0 Å². The van der Waals surface area contributed by atoms with Crippen LogP contribution in [0.4, 0.5) is 0 Å². The standard InChI is InChI=1S/C21H27N3O4/c1-28-17-7-5-14(6-8-17)10-23-19(26)18-9-16(25)11-24(18)21(20(23)27)12-22(13-21)15-3-2-4-15/h5-8,15-16,18,25H,2-4,9-13H2,1H3/t16-,18+/m1/s1. The van der Waals surface area contributed by atoms with E-state index in [1.54, 1.807) is 7.11 Å². The fourth-order valence-electron chi connectivity index (χ4n) is 5.19. The first kappa shape index (κ1) is 18.1. The smallest absolute Gasteiger partial charge is 0.252 e. The minimum Gasteiger partial charge on any atom is -0.497 e. The monoisotopic (exact) mass is 385 g/mol. The number of carbonyl (C=O) groups excluding carboxylic acids is 2. The lowest BCUT2D eigenvalue weighted by atomic mass is 9.78. The number of nitrogens with zero attached hydrogens (tertiary/aromatic N) is 3. The van der Waals surface area contributed by atoms with Crippen LogP contribution in [0.3, 0.4) is 0 Å². The summed E-state index contributed by atoms with van der Waals surface area (Å²) in [5.41, 5.74) is 0.248. The summed E-state index contributed by atoms with van der Waals surface area (Å²) in [7, 11) is 1.61. The van der Waals surface area contributed by atoms with E-state index in [1.807, 2.05) is 29.2 Å². The van der Waals surface area contributed by atoms with Gasteiger partial charge in [-0.25, -0.2) is 0 Å². The highest BCUT2D eigenvalue weighted by molar-refractivity contribution is 6.06. The number of methoxy groups -OCH3 is 1. The van der Waals surface area contributed by atoms with Crippen LogP contribution in [0.25, 0.3) is 0 Å². The first-order valence-corrected chi connectivity index (χ1v) is 10.2. The molecule has 4 fully saturated rings. The van der Waals surface area contributed by atoms with Gasteiger partial charge in [0, 0.05) is 25.7 Å². The SMILES string of the molecule is COc1ccc(CN2C(=O)[C@@H]3C[C@@H](O)CN3C3(CN(C4CCC4)C3)C2=O)cc1. The van der Waals surface area contributed by atoms with E-state index in [2.05, 4.69) is 4.90 Å². The van der Waals surface area contributed by atoms with E-state index in [4.69, 9.17) is 4.74 Å². The van der Waals surface area contributed by atoms with Gasteiger partial charge in [0.15, 0.2) is 0 Å². The molecule has 2 atom stereocenters. The van der Waals surface area contributed by atoms with Crippen LogP contribution in [0.5, 0.6) is 5.75 Å². The Morgan fingerprint density at radius 3 is 2.50 bits per heavy atom. The molecule has 1 aromatic carbocycles. The van der Waals surface area contributed by atoms with Gasteiger partial charge in [-0.3, -0.25) is 24.3 Å². The van der Waals surface area contributed by atoms with Crippen LogP contribution in [0.1, 0.15) is 31.2 Å². The average molecular weight is 385 g/mol. The van der Waals surface area contributed by atoms with Gasteiger partial charge in [-0.2, -0.15) is 0 Å². The zero-order valence-electron chi connectivity index (χ0n) is 16.2. The second-order valence-electron chi connectivity index (χ2n) is 8.66. The van der Waals surface area contributed by atoms with Gasteiger partial charge in [0.05, 0.1) is 25.8 Å². The normalized spacial score (nSPS) is 30.3. The van der Waals surface area contributed by atoms with E-state index < -0.39 is 17.7 Å². The highest BCUT2D eigenvalue weighted by Gasteiger charge is 2.65. The molecule has 7 heteroatoms. The first-order chi connectivity index (χ1) is 13.5. The molecular weight excluding hydrogens is 358 g/mol. The molecule has 0 aromatic heterocycles. The average Bonchev–Trinajstić information content (AvgIpc) is 3.01. The number of fused-ring (bicyclic) bond motifs is 2. The first-order valence-electron chi connectivity index (χ1n) is 10.2. The van der Waals surface area contributed by atoms with Crippen molar-refractivity contribution < 1.29 is 19.4 Å². The predicted octanol–water partition coefficient (Wildman–Crippen LogP) is 0.606. The van der Waals surface area contributed by atoms with Gasteiger partial charge in [-0.1, -0.05) is 18.6 Å². The van der Waals surface area contributed by atoms with Gasteiger partial charge in [0.2, 0.25) is 5.91 Å². The molecule has 150 valence electrons. The molecule has 0 bridgehead atoms. The van der Waals surface area contributed by atoms with Crippen LogP contribution in [-0.4, -0.2) is 82.1 Å². The summed E-state index contributed by atoms with van der Waals surface area (Å²) < 4.78 is 5.19.